The molecule has 1 saturated carbocycles. The lowest BCUT2D eigenvalue weighted by Crippen LogP contribution is -2.38. The van der Waals surface area contributed by atoms with Crippen molar-refractivity contribution in [1.82, 2.24) is 4.90 Å². The van der Waals surface area contributed by atoms with Crippen molar-refractivity contribution in [3.05, 3.63) is 28.8 Å². The minimum atomic E-state index is 0.759. The molecular formula is C15H18N2. The zero-order valence-corrected chi connectivity index (χ0v) is 10.5. The SMILES string of the molecule is Cc1cc2c(cc1C)N=C1C3CCC(C3)N1C2. The molecule has 0 aromatic heterocycles. The summed E-state index contributed by atoms with van der Waals surface area (Å²) in [6, 6.07) is 5.38. The smallest absolute Gasteiger partial charge is 0.109 e. The van der Waals surface area contributed by atoms with Crippen LogP contribution >= 0.6 is 0 Å². The van der Waals surface area contributed by atoms with Crippen LogP contribution in [-0.4, -0.2) is 16.8 Å². The number of hydrogen-bond acceptors (Lipinski definition) is 2. The van der Waals surface area contributed by atoms with Gasteiger partial charge in [0.2, 0.25) is 0 Å². The first-order valence-corrected chi connectivity index (χ1v) is 6.68. The van der Waals surface area contributed by atoms with Gasteiger partial charge < -0.3 is 4.90 Å². The van der Waals surface area contributed by atoms with Crippen LogP contribution in [0.4, 0.5) is 5.69 Å². The molecular weight excluding hydrogens is 208 g/mol. The van der Waals surface area contributed by atoms with Crippen LogP contribution in [0.3, 0.4) is 0 Å². The molecule has 2 unspecified atom stereocenters. The van der Waals surface area contributed by atoms with Crippen LogP contribution in [0, 0.1) is 19.8 Å². The summed E-state index contributed by atoms with van der Waals surface area (Å²) in [5.74, 6) is 2.15. The van der Waals surface area contributed by atoms with Gasteiger partial charge in [0.25, 0.3) is 0 Å². The quantitative estimate of drug-likeness (QED) is 0.662. The molecule has 3 aliphatic rings. The van der Waals surface area contributed by atoms with E-state index in [-0.39, 0.29) is 0 Å². The Balaban J connectivity index is 1.85. The fraction of sp³-hybridized carbons (Fsp3) is 0.533. The molecule has 2 atom stereocenters. The van der Waals surface area contributed by atoms with Gasteiger partial charge in [-0.05, 0) is 55.9 Å². The normalized spacial score (nSPS) is 29.1. The van der Waals surface area contributed by atoms with Crippen LogP contribution in [0.5, 0.6) is 0 Å². The monoisotopic (exact) mass is 226 g/mol. The Morgan fingerprint density at radius 3 is 2.88 bits per heavy atom. The van der Waals surface area contributed by atoms with E-state index in [1.165, 1.54) is 47.5 Å². The van der Waals surface area contributed by atoms with Gasteiger partial charge in [0.15, 0.2) is 0 Å². The van der Waals surface area contributed by atoms with E-state index in [9.17, 15) is 0 Å². The fourth-order valence-corrected chi connectivity index (χ4v) is 3.66. The van der Waals surface area contributed by atoms with Gasteiger partial charge in [-0.3, -0.25) is 0 Å². The minimum absolute atomic E-state index is 0.759. The third-order valence-electron chi connectivity index (χ3n) is 4.78. The Morgan fingerprint density at radius 2 is 2.00 bits per heavy atom. The molecule has 2 heterocycles. The molecule has 1 saturated heterocycles. The molecule has 2 nitrogen and oxygen atoms in total. The molecule has 88 valence electrons. The van der Waals surface area contributed by atoms with Gasteiger partial charge >= 0.3 is 0 Å². The largest absolute Gasteiger partial charge is 0.352 e. The summed E-state index contributed by atoms with van der Waals surface area (Å²) in [6.45, 7) is 5.48. The van der Waals surface area contributed by atoms with Crippen LogP contribution in [0.2, 0.25) is 0 Å². The Bertz CT molecular complexity index is 530. The Labute approximate surface area is 102 Å². The van der Waals surface area contributed by atoms with E-state index >= 15 is 0 Å². The molecule has 2 heteroatoms. The number of fused-ring (bicyclic) bond motifs is 6. The highest BCUT2D eigenvalue weighted by Crippen LogP contribution is 2.44. The molecule has 0 N–H and O–H groups in total. The molecule has 4 rings (SSSR count). The van der Waals surface area contributed by atoms with Crippen molar-refractivity contribution < 1.29 is 0 Å². The first-order valence-electron chi connectivity index (χ1n) is 6.68. The van der Waals surface area contributed by atoms with Crippen LogP contribution in [-0.2, 0) is 6.54 Å². The predicted octanol–water partition coefficient (Wildman–Crippen LogP) is 3.33. The molecule has 2 aliphatic heterocycles. The van der Waals surface area contributed by atoms with Gasteiger partial charge in [-0.1, -0.05) is 6.07 Å². The second-order valence-corrected chi connectivity index (χ2v) is 5.83. The molecule has 2 fully saturated rings. The Kier molecular flexibility index (Phi) is 1.78. The third-order valence-corrected chi connectivity index (χ3v) is 4.78. The molecule has 0 amide bonds. The van der Waals surface area contributed by atoms with Crippen molar-refractivity contribution >= 4 is 11.5 Å². The Morgan fingerprint density at radius 1 is 1.18 bits per heavy atom. The van der Waals surface area contributed by atoms with Crippen molar-refractivity contribution in [2.45, 2.75) is 45.7 Å². The summed E-state index contributed by atoms with van der Waals surface area (Å²) in [4.78, 5) is 7.50. The second kappa shape index (κ2) is 3.12. The van der Waals surface area contributed by atoms with Crippen LogP contribution in [0.1, 0.15) is 36.0 Å². The standard InChI is InChI=1S/C15H18N2/c1-9-5-12-8-17-13-4-3-11(7-13)15(17)16-14(12)6-10(9)2/h5-6,11,13H,3-4,7-8H2,1-2H3. The molecule has 17 heavy (non-hydrogen) atoms. The topological polar surface area (TPSA) is 15.6 Å². The first kappa shape index (κ1) is 9.69. The number of piperidine rings is 1. The molecule has 2 bridgehead atoms. The number of aliphatic imine (C=N–C) groups is 1. The summed E-state index contributed by atoms with van der Waals surface area (Å²) in [7, 11) is 0. The maximum Gasteiger partial charge on any atom is 0.109 e. The van der Waals surface area contributed by atoms with Gasteiger partial charge in [-0.2, -0.15) is 0 Å². The molecule has 0 spiro atoms. The zero-order valence-electron chi connectivity index (χ0n) is 10.5. The van der Waals surface area contributed by atoms with Crippen molar-refractivity contribution in [2.24, 2.45) is 10.9 Å². The first-order chi connectivity index (χ1) is 8.22. The van der Waals surface area contributed by atoms with Gasteiger partial charge in [0, 0.05) is 18.5 Å². The molecule has 1 aromatic rings. The highest BCUT2D eigenvalue weighted by atomic mass is 15.3. The number of hydrogen-bond donors (Lipinski definition) is 0. The van der Waals surface area contributed by atoms with Crippen molar-refractivity contribution in [3.63, 3.8) is 0 Å². The predicted molar refractivity (Wildman–Crippen MR) is 69.7 cm³/mol. The van der Waals surface area contributed by atoms with Gasteiger partial charge in [-0.25, -0.2) is 4.99 Å². The van der Waals surface area contributed by atoms with Crippen LogP contribution in [0.25, 0.3) is 0 Å². The highest BCUT2D eigenvalue weighted by Gasteiger charge is 2.44. The minimum Gasteiger partial charge on any atom is -0.352 e. The molecule has 0 radical (unpaired) electrons. The lowest BCUT2D eigenvalue weighted by molar-refractivity contribution is 0.317. The van der Waals surface area contributed by atoms with Crippen molar-refractivity contribution in [2.75, 3.05) is 0 Å². The van der Waals surface area contributed by atoms with Crippen LogP contribution < -0.4 is 0 Å². The van der Waals surface area contributed by atoms with Crippen molar-refractivity contribution in [3.8, 4) is 0 Å². The van der Waals surface area contributed by atoms with Gasteiger partial charge in [0.05, 0.1) is 5.69 Å². The van der Waals surface area contributed by atoms with Crippen LogP contribution in [0.15, 0.2) is 17.1 Å². The number of benzene rings is 1. The van der Waals surface area contributed by atoms with Gasteiger partial charge in [-0.15, -0.1) is 0 Å². The van der Waals surface area contributed by atoms with E-state index in [1.54, 1.807) is 0 Å². The summed E-state index contributed by atoms with van der Waals surface area (Å²) in [5, 5.41) is 0. The number of amidine groups is 1. The molecule has 1 aromatic carbocycles. The summed E-state index contributed by atoms with van der Waals surface area (Å²) in [6.07, 6.45) is 4.09. The summed E-state index contributed by atoms with van der Waals surface area (Å²) >= 11 is 0. The highest BCUT2D eigenvalue weighted by molar-refractivity contribution is 5.92. The van der Waals surface area contributed by atoms with Crippen molar-refractivity contribution in [1.29, 1.82) is 0 Å². The number of aryl methyl sites for hydroxylation is 2. The van der Waals surface area contributed by atoms with E-state index in [0.29, 0.717) is 0 Å². The second-order valence-electron chi connectivity index (χ2n) is 5.83. The Hall–Kier alpha value is -1.31. The zero-order chi connectivity index (χ0) is 11.6. The van der Waals surface area contributed by atoms with E-state index in [2.05, 4.69) is 30.9 Å². The van der Waals surface area contributed by atoms with E-state index in [0.717, 1.165) is 18.5 Å². The number of rotatable bonds is 0. The lowest BCUT2D eigenvalue weighted by Gasteiger charge is -2.34. The summed E-state index contributed by atoms with van der Waals surface area (Å²) in [5.41, 5.74) is 5.41. The summed E-state index contributed by atoms with van der Waals surface area (Å²) < 4.78 is 0. The average Bonchev–Trinajstić information content (AvgIpc) is 2.89. The maximum absolute atomic E-state index is 4.93. The fourth-order valence-electron chi connectivity index (χ4n) is 3.66. The lowest BCUT2D eigenvalue weighted by atomic mass is 10.00. The average molecular weight is 226 g/mol. The molecule has 1 aliphatic carbocycles. The van der Waals surface area contributed by atoms with E-state index < -0.39 is 0 Å². The van der Waals surface area contributed by atoms with Gasteiger partial charge in [0.1, 0.15) is 5.84 Å². The van der Waals surface area contributed by atoms with E-state index in [4.69, 9.17) is 4.99 Å². The number of nitrogens with zero attached hydrogens (tertiary/aromatic N) is 2. The maximum atomic E-state index is 4.93. The third kappa shape index (κ3) is 1.24. The van der Waals surface area contributed by atoms with E-state index in [1.807, 2.05) is 0 Å².